The summed E-state index contributed by atoms with van der Waals surface area (Å²) in [6.45, 7) is 1.07. The molecule has 176 valence electrons. The first-order valence-corrected chi connectivity index (χ1v) is 10.8. The Morgan fingerprint density at radius 1 is 1.03 bits per heavy atom. The number of carbonyl (C=O) groups excluding carboxylic acids is 4. The fourth-order valence-corrected chi connectivity index (χ4v) is 3.34. The lowest BCUT2D eigenvalue weighted by Crippen LogP contribution is -2.58. The highest BCUT2D eigenvalue weighted by Gasteiger charge is 2.31. The van der Waals surface area contributed by atoms with Gasteiger partial charge >= 0.3 is 5.97 Å². The Labute approximate surface area is 186 Å². The number of carboxylic acids is 1. The van der Waals surface area contributed by atoms with Crippen LogP contribution in [0.25, 0.3) is 0 Å². The van der Waals surface area contributed by atoms with E-state index < -0.39 is 60.2 Å². The minimum atomic E-state index is -1.28. The molecule has 13 heteroatoms. The number of nitrogens with two attached hydrogens (primary N) is 2. The molecule has 1 fully saturated rings. The zero-order valence-corrected chi connectivity index (χ0v) is 18.2. The van der Waals surface area contributed by atoms with Crippen molar-refractivity contribution >= 4 is 42.2 Å². The maximum Gasteiger partial charge on any atom is 0.326 e. The van der Waals surface area contributed by atoms with Gasteiger partial charge in [0, 0.05) is 5.75 Å². The zero-order valence-electron chi connectivity index (χ0n) is 17.3. The van der Waals surface area contributed by atoms with E-state index in [0.717, 1.165) is 6.42 Å². The fourth-order valence-electron chi connectivity index (χ4n) is 3.08. The summed E-state index contributed by atoms with van der Waals surface area (Å²) in [5, 5.41) is 19.5. The van der Waals surface area contributed by atoms with Gasteiger partial charge in [-0.1, -0.05) is 0 Å². The summed E-state index contributed by atoms with van der Waals surface area (Å²) in [5.41, 5.74) is 10.6. The second-order valence-electron chi connectivity index (χ2n) is 7.31. The molecule has 1 saturated heterocycles. The van der Waals surface area contributed by atoms with E-state index in [2.05, 4.69) is 33.9 Å². The van der Waals surface area contributed by atoms with E-state index in [4.69, 9.17) is 11.5 Å². The molecule has 0 spiro atoms. The maximum atomic E-state index is 12.6. The summed E-state index contributed by atoms with van der Waals surface area (Å²) in [7, 11) is 0. The highest BCUT2D eigenvalue weighted by molar-refractivity contribution is 7.80. The van der Waals surface area contributed by atoms with Crippen molar-refractivity contribution in [3.8, 4) is 0 Å². The third-order valence-corrected chi connectivity index (χ3v) is 5.16. The molecule has 0 radical (unpaired) electrons. The van der Waals surface area contributed by atoms with Crippen molar-refractivity contribution in [2.75, 3.05) is 18.8 Å². The molecule has 0 aromatic carbocycles. The van der Waals surface area contributed by atoms with Crippen molar-refractivity contribution in [1.29, 1.82) is 0 Å². The van der Waals surface area contributed by atoms with Crippen LogP contribution in [-0.2, 0) is 24.0 Å². The van der Waals surface area contributed by atoms with Gasteiger partial charge in [-0.05, 0) is 45.2 Å². The van der Waals surface area contributed by atoms with Crippen LogP contribution >= 0.6 is 12.6 Å². The number of thiol groups is 1. The second-order valence-corrected chi connectivity index (χ2v) is 7.67. The number of primary amides is 1. The Morgan fingerprint density at radius 2 is 1.68 bits per heavy atom. The molecule has 12 nitrogen and oxygen atoms in total. The SMILES string of the molecule is NCCCCC(NC(=O)C(CS)NC(=O)C(CC(N)=O)NC(=O)C1CCCN1)C(=O)O. The quantitative estimate of drug-likeness (QED) is 0.100. The molecule has 0 aromatic rings. The number of unbranched alkanes of at least 4 members (excludes halogenated alkanes) is 1. The topological polar surface area (TPSA) is 206 Å². The van der Waals surface area contributed by atoms with Crippen LogP contribution in [0, 0.1) is 0 Å². The highest BCUT2D eigenvalue weighted by Crippen LogP contribution is 2.06. The van der Waals surface area contributed by atoms with Crippen LogP contribution < -0.4 is 32.7 Å². The average molecular weight is 461 g/mol. The van der Waals surface area contributed by atoms with Crippen molar-refractivity contribution in [3.63, 3.8) is 0 Å². The van der Waals surface area contributed by atoms with Gasteiger partial charge in [0.25, 0.3) is 0 Å². The molecule has 0 aliphatic carbocycles. The molecule has 1 aliphatic heterocycles. The van der Waals surface area contributed by atoms with Crippen LogP contribution in [0.5, 0.6) is 0 Å². The minimum Gasteiger partial charge on any atom is -0.480 e. The van der Waals surface area contributed by atoms with E-state index in [0.29, 0.717) is 32.4 Å². The Balaban J connectivity index is 2.75. The summed E-state index contributed by atoms with van der Waals surface area (Å²) in [5.74, 6) is -4.14. The molecule has 4 unspecified atom stereocenters. The smallest absolute Gasteiger partial charge is 0.326 e. The van der Waals surface area contributed by atoms with E-state index in [-0.39, 0.29) is 12.2 Å². The van der Waals surface area contributed by atoms with E-state index in [1.54, 1.807) is 0 Å². The fraction of sp³-hybridized carbons (Fsp3) is 0.722. The summed E-state index contributed by atoms with van der Waals surface area (Å²) in [4.78, 5) is 60.2. The molecule has 1 rings (SSSR count). The number of aliphatic carboxylic acids is 1. The standard InChI is InChI=1S/C18H32N6O6S/c19-6-2-1-4-11(18(29)30)22-17(28)13(9-31)24-16(27)12(8-14(20)25)23-15(26)10-5-3-7-21-10/h10-13,21,31H,1-9,19H2,(H2,20,25)(H,22,28)(H,23,26)(H,24,27)(H,29,30). The summed E-state index contributed by atoms with van der Waals surface area (Å²) < 4.78 is 0. The number of hydrogen-bond donors (Lipinski definition) is 8. The lowest BCUT2D eigenvalue weighted by Gasteiger charge is -2.24. The van der Waals surface area contributed by atoms with Crippen LogP contribution in [0.4, 0.5) is 0 Å². The van der Waals surface area contributed by atoms with Crippen LogP contribution in [0.1, 0.15) is 38.5 Å². The van der Waals surface area contributed by atoms with Gasteiger partial charge in [-0.2, -0.15) is 12.6 Å². The van der Waals surface area contributed by atoms with Crippen LogP contribution in [-0.4, -0.2) is 77.7 Å². The molecule has 4 amide bonds. The van der Waals surface area contributed by atoms with Gasteiger partial charge in [0.05, 0.1) is 12.5 Å². The number of hydrogen-bond acceptors (Lipinski definition) is 8. The first-order valence-electron chi connectivity index (χ1n) is 10.2. The number of carboxylic acid groups (broad SMARTS) is 1. The summed E-state index contributed by atoms with van der Waals surface area (Å²) >= 11 is 4.04. The van der Waals surface area contributed by atoms with Crippen LogP contribution in [0.2, 0.25) is 0 Å². The van der Waals surface area contributed by atoms with E-state index in [9.17, 15) is 29.1 Å². The minimum absolute atomic E-state index is 0.131. The normalized spacial score (nSPS) is 18.5. The van der Waals surface area contributed by atoms with Crippen LogP contribution in [0.15, 0.2) is 0 Å². The largest absolute Gasteiger partial charge is 0.480 e. The van der Waals surface area contributed by atoms with Gasteiger partial charge in [-0.3, -0.25) is 19.2 Å². The Hall–Kier alpha value is -2.38. The Morgan fingerprint density at radius 3 is 2.19 bits per heavy atom. The van der Waals surface area contributed by atoms with E-state index in [1.807, 2.05) is 0 Å². The molecular formula is C18H32N6O6S. The predicted octanol–water partition coefficient (Wildman–Crippen LogP) is -2.79. The maximum absolute atomic E-state index is 12.6. The number of nitrogens with one attached hydrogen (secondary N) is 4. The third kappa shape index (κ3) is 9.53. The molecule has 1 aliphatic rings. The number of rotatable bonds is 14. The number of amides is 4. The van der Waals surface area contributed by atoms with Gasteiger partial charge < -0.3 is 37.8 Å². The summed E-state index contributed by atoms with van der Waals surface area (Å²) in [6.07, 6.45) is 2.24. The first-order chi connectivity index (χ1) is 14.7. The molecule has 31 heavy (non-hydrogen) atoms. The van der Waals surface area contributed by atoms with Gasteiger partial charge in [0.15, 0.2) is 0 Å². The average Bonchev–Trinajstić information content (AvgIpc) is 3.25. The Bertz CT molecular complexity index is 657. The molecule has 0 bridgehead atoms. The molecule has 4 atom stereocenters. The van der Waals surface area contributed by atoms with E-state index in [1.165, 1.54) is 0 Å². The van der Waals surface area contributed by atoms with Crippen molar-refractivity contribution < 1.29 is 29.1 Å². The second kappa shape index (κ2) is 13.8. The first kappa shape index (κ1) is 26.7. The van der Waals surface area contributed by atoms with Crippen molar-refractivity contribution in [3.05, 3.63) is 0 Å². The lowest BCUT2D eigenvalue weighted by molar-refractivity contribution is -0.142. The van der Waals surface area contributed by atoms with Crippen molar-refractivity contribution in [2.24, 2.45) is 11.5 Å². The van der Waals surface area contributed by atoms with Gasteiger partial charge in [0.2, 0.25) is 23.6 Å². The van der Waals surface area contributed by atoms with Gasteiger partial charge in [-0.25, -0.2) is 4.79 Å². The highest BCUT2D eigenvalue weighted by atomic mass is 32.1. The predicted molar refractivity (Wildman–Crippen MR) is 115 cm³/mol. The monoisotopic (exact) mass is 460 g/mol. The third-order valence-electron chi connectivity index (χ3n) is 4.79. The number of carbonyl (C=O) groups is 5. The molecule has 9 N–H and O–H groups in total. The van der Waals surface area contributed by atoms with Crippen LogP contribution in [0.3, 0.4) is 0 Å². The molecule has 1 heterocycles. The molecule has 0 aromatic heterocycles. The Kier molecular flexibility index (Phi) is 11.9. The molecule has 0 saturated carbocycles. The lowest BCUT2D eigenvalue weighted by atomic mass is 10.1. The van der Waals surface area contributed by atoms with Gasteiger partial charge in [0.1, 0.15) is 18.1 Å². The molecular weight excluding hydrogens is 428 g/mol. The summed E-state index contributed by atoms with van der Waals surface area (Å²) in [6, 6.07) is -4.07. The van der Waals surface area contributed by atoms with Crippen molar-refractivity contribution in [2.45, 2.75) is 62.7 Å². The van der Waals surface area contributed by atoms with Crippen molar-refractivity contribution in [1.82, 2.24) is 21.3 Å². The zero-order chi connectivity index (χ0) is 23.4. The van der Waals surface area contributed by atoms with E-state index >= 15 is 0 Å². The van der Waals surface area contributed by atoms with Gasteiger partial charge in [-0.15, -0.1) is 0 Å².